The van der Waals surface area contributed by atoms with Crippen LogP contribution in [0.25, 0.3) is 0 Å². The molecule has 0 unspecified atom stereocenters. The Morgan fingerprint density at radius 2 is 1.88 bits per heavy atom. The molecule has 2 rings (SSSR count). The SMILES string of the molecule is Cc1ccc(N)c(Sc2ccc(F)c(F)c2)n1. The molecule has 1 aromatic carbocycles. The minimum atomic E-state index is -0.874. The smallest absolute Gasteiger partial charge is 0.159 e. The monoisotopic (exact) mass is 252 g/mol. The normalized spacial score (nSPS) is 10.5. The van der Waals surface area contributed by atoms with E-state index >= 15 is 0 Å². The molecule has 0 aliphatic carbocycles. The Hall–Kier alpha value is -1.62. The zero-order valence-corrected chi connectivity index (χ0v) is 9.89. The first kappa shape index (κ1) is 11.9. The van der Waals surface area contributed by atoms with Crippen LogP contribution in [0.4, 0.5) is 14.5 Å². The van der Waals surface area contributed by atoms with Crippen molar-refractivity contribution in [2.24, 2.45) is 0 Å². The molecule has 17 heavy (non-hydrogen) atoms. The summed E-state index contributed by atoms with van der Waals surface area (Å²) in [4.78, 5) is 4.81. The molecule has 1 heterocycles. The molecule has 88 valence electrons. The van der Waals surface area contributed by atoms with Gasteiger partial charge in [0.15, 0.2) is 11.6 Å². The van der Waals surface area contributed by atoms with E-state index < -0.39 is 11.6 Å². The van der Waals surface area contributed by atoms with Gasteiger partial charge in [-0.05, 0) is 37.3 Å². The van der Waals surface area contributed by atoms with Gasteiger partial charge >= 0.3 is 0 Å². The number of rotatable bonds is 2. The van der Waals surface area contributed by atoms with Gasteiger partial charge in [0.2, 0.25) is 0 Å². The molecule has 0 radical (unpaired) electrons. The van der Waals surface area contributed by atoms with Gasteiger partial charge in [0.25, 0.3) is 0 Å². The van der Waals surface area contributed by atoms with Crippen molar-refractivity contribution in [2.75, 3.05) is 5.73 Å². The number of nitrogen functional groups attached to an aromatic ring is 1. The molecule has 0 amide bonds. The molecule has 2 N–H and O–H groups in total. The number of nitrogens with two attached hydrogens (primary N) is 1. The summed E-state index contributed by atoms with van der Waals surface area (Å²) in [6.45, 7) is 1.84. The van der Waals surface area contributed by atoms with Crippen LogP contribution < -0.4 is 5.73 Å². The highest BCUT2D eigenvalue weighted by Gasteiger charge is 2.07. The largest absolute Gasteiger partial charge is 0.397 e. The maximum Gasteiger partial charge on any atom is 0.159 e. The molecule has 1 aromatic heterocycles. The van der Waals surface area contributed by atoms with Crippen molar-refractivity contribution in [3.8, 4) is 0 Å². The van der Waals surface area contributed by atoms with Gasteiger partial charge in [-0.3, -0.25) is 0 Å². The number of halogens is 2. The van der Waals surface area contributed by atoms with Crippen LogP contribution in [0, 0.1) is 18.6 Å². The van der Waals surface area contributed by atoms with Crippen molar-refractivity contribution >= 4 is 17.4 Å². The van der Waals surface area contributed by atoms with E-state index in [4.69, 9.17) is 5.73 Å². The van der Waals surface area contributed by atoms with E-state index in [2.05, 4.69) is 4.98 Å². The van der Waals surface area contributed by atoms with E-state index in [1.54, 1.807) is 12.1 Å². The summed E-state index contributed by atoms with van der Waals surface area (Å²) < 4.78 is 25.8. The first-order valence-electron chi connectivity index (χ1n) is 4.92. The summed E-state index contributed by atoms with van der Waals surface area (Å²) in [5, 5.41) is 0.594. The van der Waals surface area contributed by atoms with Crippen LogP contribution in [-0.4, -0.2) is 4.98 Å². The summed E-state index contributed by atoms with van der Waals surface area (Å²) in [7, 11) is 0. The number of hydrogen-bond acceptors (Lipinski definition) is 3. The van der Waals surface area contributed by atoms with Gasteiger partial charge in [-0.15, -0.1) is 0 Å². The Morgan fingerprint density at radius 3 is 2.59 bits per heavy atom. The topological polar surface area (TPSA) is 38.9 Å². The quantitative estimate of drug-likeness (QED) is 0.890. The lowest BCUT2D eigenvalue weighted by atomic mass is 10.3. The zero-order chi connectivity index (χ0) is 12.4. The molecule has 0 atom stereocenters. The highest BCUT2D eigenvalue weighted by molar-refractivity contribution is 7.99. The fourth-order valence-electron chi connectivity index (χ4n) is 1.28. The number of aromatic nitrogens is 1. The van der Waals surface area contributed by atoms with Gasteiger partial charge < -0.3 is 5.73 Å². The molecule has 0 saturated heterocycles. The van der Waals surface area contributed by atoms with Gasteiger partial charge in [-0.25, -0.2) is 13.8 Å². The Morgan fingerprint density at radius 1 is 1.12 bits per heavy atom. The number of nitrogens with zero attached hydrogens (tertiary/aromatic N) is 1. The van der Waals surface area contributed by atoms with Crippen LogP contribution in [0.3, 0.4) is 0 Å². The fourth-order valence-corrected chi connectivity index (χ4v) is 2.17. The highest BCUT2D eigenvalue weighted by Crippen LogP contribution is 2.31. The predicted octanol–water partition coefficient (Wildman–Crippen LogP) is 3.40. The lowest BCUT2D eigenvalue weighted by Gasteiger charge is -2.05. The van der Waals surface area contributed by atoms with Gasteiger partial charge in [0, 0.05) is 10.6 Å². The summed E-state index contributed by atoms with van der Waals surface area (Å²) in [5.41, 5.74) is 7.10. The highest BCUT2D eigenvalue weighted by atomic mass is 32.2. The molecule has 0 fully saturated rings. The Balaban J connectivity index is 2.31. The van der Waals surface area contributed by atoms with Gasteiger partial charge in [-0.2, -0.15) is 0 Å². The molecule has 2 nitrogen and oxygen atoms in total. The van der Waals surface area contributed by atoms with Gasteiger partial charge in [-0.1, -0.05) is 11.8 Å². The molecule has 0 aliphatic rings. The summed E-state index contributed by atoms with van der Waals surface area (Å²) in [5.74, 6) is -1.74. The molecule has 2 aromatic rings. The third-order valence-corrected chi connectivity index (χ3v) is 3.14. The minimum Gasteiger partial charge on any atom is -0.397 e. The second-order valence-corrected chi connectivity index (χ2v) is 4.59. The van der Waals surface area contributed by atoms with Gasteiger partial charge in [0.05, 0.1) is 5.69 Å². The van der Waals surface area contributed by atoms with E-state index in [-0.39, 0.29) is 0 Å². The van der Waals surface area contributed by atoms with Crippen LogP contribution >= 0.6 is 11.8 Å². The molecular weight excluding hydrogens is 242 g/mol. The fraction of sp³-hybridized carbons (Fsp3) is 0.0833. The van der Waals surface area contributed by atoms with E-state index in [1.807, 2.05) is 6.92 Å². The van der Waals surface area contributed by atoms with Crippen LogP contribution in [0.15, 0.2) is 40.3 Å². The number of hydrogen-bond donors (Lipinski definition) is 1. The van der Waals surface area contributed by atoms with E-state index in [0.717, 1.165) is 17.8 Å². The molecule has 0 saturated carbocycles. The lowest BCUT2D eigenvalue weighted by Crippen LogP contribution is -1.93. The van der Waals surface area contributed by atoms with E-state index in [0.29, 0.717) is 15.6 Å². The molecular formula is C12H10F2N2S. The van der Waals surface area contributed by atoms with E-state index in [9.17, 15) is 8.78 Å². The minimum absolute atomic E-state index is 0.519. The first-order valence-corrected chi connectivity index (χ1v) is 5.74. The molecule has 5 heteroatoms. The number of pyridine rings is 1. The third kappa shape index (κ3) is 2.74. The van der Waals surface area contributed by atoms with Crippen molar-refractivity contribution in [1.82, 2.24) is 4.98 Å². The maximum absolute atomic E-state index is 13.0. The predicted molar refractivity (Wildman–Crippen MR) is 63.9 cm³/mol. The Labute approximate surface area is 102 Å². The second-order valence-electron chi connectivity index (χ2n) is 3.52. The first-order chi connectivity index (χ1) is 8.06. The van der Waals surface area contributed by atoms with Crippen LogP contribution in [0.1, 0.15) is 5.69 Å². The van der Waals surface area contributed by atoms with Crippen molar-refractivity contribution < 1.29 is 8.78 Å². The molecule has 0 spiro atoms. The maximum atomic E-state index is 13.0. The molecule has 0 aliphatic heterocycles. The van der Waals surface area contributed by atoms with Crippen molar-refractivity contribution in [3.05, 3.63) is 47.7 Å². The zero-order valence-electron chi connectivity index (χ0n) is 9.08. The average Bonchev–Trinajstić information content (AvgIpc) is 2.29. The number of aryl methyl sites for hydroxylation is 1. The summed E-state index contributed by atoms with van der Waals surface area (Å²) >= 11 is 1.21. The van der Waals surface area contributed by atoms with Crippen LogP contribution in [-0.2, 0) is 0 Å². The number of anilines is 1. The summed E-state index contributed by atoms with van der Waals surface area (Å²) in [6, 6.07) is 7.24. The van der Waals surface area contributed by atoms with Crippen LogP contribution in [0.2, 0.25) is 0 Å². The Kier molecular flexibility index (Phi) is 3.28. The summed E-state index contributed by atoms with van der Waals surface area (Å²) in [6.07, 6.45) is 0. The third-order valence-electron chi connectivity index (χ3n) is 2.13. The van der Waals surface area contributed by atoms with Crippen LogP contribution in [0.5, 0.6) is 0 Å². The van der Waals surface area contributed by atoms with E-state index in [1.165, 1.54) is 17.8 Å². The van der Waals surface area contributed by atoms with Crippen molar-refractivity contribution in [3.63, 3.8) is 0 Å². The number of benzene rings is 1. The molecule has 0 bridgehead atoms. The van der Waals surface area contributed by atoms with Gasteiger partial charge in [0.1, 0.15) is 5.03 Å². The average molecular weight is 252 g/mol. The van der Waals surface area contributed by atoms with Crippen molar-refractivity contribution in [2.45, 2.75) is 16.8 Å². The van der Waals surface area contributed by atoms with Crippen molar-refractivity contribution in [1.29, 1.82) is 0 Å². The second kappa shape index (κ2) is 4.71. The standard InChI is InChI=1S/C12H10F2N2S/c1-7-2-5-11(15)12(16-7)17-8-3-4-9(13)10(14)6-8/h2-6H,15H2,1H3. The Bertz CT molecular complexity index is 558. The lowest BCUT2D eigenvalue weighted by molar-refractivity contribution is 0.506.